The molecule has 0 aromatic heterocycles. The lowest BCUT2D eigenvalue weighted by molar-refractivity contribution is -0.141. The molecule has 0 aliphatic rings. The molecule has 2 aromatic carbocycles. The van der Waals surface area contributed by atoms with E-state index < -0.39 is 16.1 Å². The molecule has 11 heteroatoms. The maximum absolute atomic E-state index is 13.6. The highest BCUT2D eigenvalue weighted by Crippen LogP contribution is 2.30. The summed E-state index contributed by atoms with van der Waals surface area (Å²) in [5.74, 6) is 0.209. The van der Waals surface area contributed by atoms with E-state index >= 15 is 0 Å². The third kappa shape index (κ3) is 9.89. The van der Waals surface area contributed by atoms with E-state index in [1.165, 1.54) is 9.21 Å². The van der Waals surface area contributed by atoms with Gasteiger partial charge in [0, 0.05) is 26.1 Å². The van der Waals surface area contributed by atoms with Crippen LogP contribution in [-0.4, -0.2) is 57.1 Å². The first-order valence-electron chi connectivity index (χ1n) is 13.1. The fourth-order valence-corrected chi connectivity index (χ4v) is 5.39. The minimum absolute atomic E-state index is 0.0398. The molecule has 2 rings (SSSR count). The number of anilines is 1. The third-order valence-electron chi connectivity index (χ3n) is 5.99. The average molecular weight is 601 g/mol. The van der Waals surface area contributed by atoms with Crippen molar-refractivity contribution < 1.29 is 22.7 Å². The van der Waals surface area contributed by atoms with Crippen molar-refractivity contribution in [3.05, 3.63) is 58.1 Å². The van der Waals surface area contributed by atoms with Crippen molar-refractivity contribution in [2.24, 2.45) is 5.92 Å². The summed E-state index contributed by atoms with van der Waals surface area (Å²) < 4.78 is 32.2. The number of ether oxygens (including phenoxy) is 1. The molecule has 0 spiro atoms. The normalized spacial score (nSPS) is 12.2. The SMILES string of the molecule is CCOc1ccccc1N(CCCC(=O)N(Cc1ccc(Cl)c(Cl)c1)[C@H](CC)C(=O)NCC(C)C)S(C)(=O)=O. The van der Waals surface area contributed by atoms with E-state index in [1.54, 1.807) is 42.5 Å². The molecule has 0 saturated carbocycles. The van der Waals surface area contributed by atoms with Crippen LogP contribution in [0.3, 0.4) is 0 Å². The number of rotatable bonds is 15. The van der Waals surface area contributed by atoms with Crippen molar-refractivity contribution in [2.75, 3.05) is 30.3 Å². The van der Waals surface area contributed by atoms with Gasteiger partial charge in [-0.25, -0.2) is 8.42 Å². The van der Waals surface area contributed by atoms with Crippen LogP contribution in [0.4, 0.5) is 5.69 Å². The molecule has 8 nitrogen and oxygen atoms in total. The highest BCUT2D eigenvalue weighted by atomic mass is 35.5. The Morgan fingerprint density at radius 3 is 2.33 bits per heavy atom. The molecule has 0 heterocycles. The van der Waals surface area contributed by atoms with E-state index in [4.69, 9.17) is 27.9 Å². The number of para-hydroxylation sites is 2. The van der Waals surface area contributed by atoms with Gasteiger partial charge in [0.25, 0.3) is 0 Å². The first kappa shape index (κ1) is 32.7. The largest absolute Gasteiger partial charge is 0.492 e. The number of halogens is 2. The van der Waals surface area contributed by atoms with E-state index in [2.05, 4.69) is 5.32 Å². The van der Waals surface area contributed by atoms with Crippen LogP contribution < -0.4 is 14.4 Å². The lowest BCUT2D eigenvalue weighted by Gasteiger charge is -2.31. The van der Waals surface area contributed by atoms with Gasteiger partial charge in [-0.15, -0.1) is 0 Å². The fraction of sp³-hybridized carbons (Fsp3) is 0.500. The zero-order chi connectivity index (χ0) is 29.2. The number of carbonyl (C=O) groups is 2. The van der Waals surface area contributed by atoms with Crippen molar-refractivity contribution >= 4 is 50.7 Å². The molecule has 216 valence electrons. The topological polar surface area (TPSA) is 96.0 Å². The average Bonchev–Trinajstić information content (AvgIpc) is 2.87. The number of carbonyl (C=O) groups excluding carboxylic acids is 2. The molecular formula is C28H39Cl2N3O5S. The van der Waals surface area contributed by atoms with Gasteiger partial charge in [-0.05, 0) is 55.5 Å². The lowest BCUT2D eigenvalue weighted by Crippen LogP contribution is -2.49. The molecule has 0 unspecified atom stereocenters. The summed E-state index contributed by atoms with van der Waals surface area (Å²) >= 11 is 12.3. The van der Waals surface area contributed by atoms with Gasteiger partial charge in [0.15, 0.2) is 0 Å². The van der Waals surface area contributed by atoms with E-state index in [1.807, 2.05) is 27.7 Å². The predicted molar refractivity (Wildman–Crippen MR) is 158 cm³/mol. The number of nitrogens with zero attached hydrogens (tertiary/aromatic N) is 2. The Labute approximate surface area is 242 Å². The van der Waals surface area contributed by atoms with Crippen molar-refractivity contribution in [3.63, 3.8) is 0 Å². The molecule has 1 N–H and O–H groups in total. The minimum atomic E-state index is -3.65. The van der Waals surface area contributed by atoms with Gasteiger partial charge in [-0.1, -0.05) is 62.2 Å². The highest BCUT2D eigenvalue weighted by molar-refractivity contribution is 7.92. The van der Waals surface area contributed by atoms with E-state index in [0.29, 0.717) is 41.1 Å². The maximum atomic E-state index is 13.6. The summed E-state index contributed by atoms with van der Waals surface area (Å²) in [5.41, 5.74) is 1.15. The zero-order valence-corrected chi connectivity index (χ0v) is 25.6. The van der Waals surface area contributed by atoms with E-state index in [9.17, 15) is 18.0 Å². The molecule has 0 saturated heterocycles. The first-order valence-corrected chi connectivity index (χ1v) is 15.7. The highest BCUT2D eigenvalue weighted by Gasteiger charge is 2.29. The second-order valence-corrected chi connectivity index (χ2v) is 12.4. The molecule has 2 aromatic rings. The van der Waals surface area contributed by atoms with Crippen LogP contribution in [0.25, 0.3) is 0 Å². The summed E-state index contributed by atoms with van der Waals surface area (Å²) in [4.78, 5) is 28.2. The standard InChI is InChI=1S/C28H39Cl2N3O5S/c1-6-24(28(35)31-18-20(3)4)32(19-21-14-15-22(29)23(30)17-21)27(34)13-10-16-33(39(5,36)37)25-11-8-9-12-26(25)38-7-2/h8-9,11-12,14-15,17,20,24H,6-7,10,13,16,18-19H2,1-5H3,(H,31,35)/t24-/m1/s1. The summed E-state index contributed by atoms with van der Waals surface area (Å²) in [6, 6.07) is 11.3. The number of hydrogen-bond donors (Lipinski definition) is 1. The Morgan fingerprint density at radius 1 is 1.05 bits per heavy atom. The van der Waals surface area contributed by atoms with Gasteiger partial charge in [-0.3, -0.25) is 13.9 Å². The summed E-state index contributed by atoms with van der Waals surface area (Å²) in [5, 5.41) is 3.68. The predicted octanol–water partition coefficient (Wildman–Crippen LogP) is 5.52. The molecular weight excluding hydrogens is 561 g/mol. The Balaban J connectivity index is 2.27. The molecule has 0 bridgehead atoms. The maximum Gasteiger partial charge on any atom is 0.242 e. The second-order valence-electron chi connectivity index (χ2n) is 9.67. The molecule has 0 aliphatic carbocycles. The van der Waals surface area contributed by atoms with Gasteiger partial charge < -0.3 is 15.0 Å². The monoisotopic (exact) mass is 599 g/mol. The Bertz CT molecular complexity index is 1220. The Kier molecular flexibility index (Phi) is 12.9. The Hall–Kier alpha value is -2.49. The molecule has 1 atom stereocenters. The quantitative estimate of drug-likeness (QED) is 0.291. The molecule has 0 fully saturated rings. The zero-order valence-electron chi connectivity index (χ0n) is 23.2. The number of nitrogens with one attached hydrogen (secondary N) is 1. The summed E-state index contributed by atoms with van der Waals surface area (Å²) in [7, 11) is -3.65. The first-order chi connectivity index (χ1) is 18.4. The van der Waals surface area contributed by atoms with Crippen LogP contribution in [0.1, 0.15) is 52.5 Å². The van der Waals surface area contributed by atoms with Crippen molar-refractivity contribution in [1.82, 2.24) is 10.2 Å². The van der Waals surface area contributed by atoms with E-state index in [0.717, 1.165) is 11.8 Å². The molecule has 0 aliphatic heterocycles. The lowest BCUT2D eigenvalue weighted by atomic mass is 10.1. The molecule has 0 radical (unpaired) electrons. The number of amides is 2. The summed E-state index contributed by atoms with van der Waals surface area (Å²) in [6.07, 6.45) is 1.82. The number of hydrogen-bond acceptors (Lipinski definition) is 5. The van der Waals surface area contributed by atoms with E-state index in [-0.39, 0.29) is 43.7 Å². The van der Waals surface area contributed by atoms with Crippen molar-refractivity contribution in [2.45, 2.75) is 59.5 Å². The third-order valence-corrected chi connectivity index (χ3v) is 7.91. The van der Waals surface area contributed by atoms with Gasteiger partial charge in [0.05, 0.1) is 28.6 Å². The van der Waals surface area contributed by atoms with Crippen LogP contribution in [0, 0.1) is 5.92 Å². The smallest absolute Gasteiger partial charge is 0.242 e. The van der Waals surface area contributed by atoms with Crippen LogP contribution in [0.15, 0.2) is 42.5 Å². The minimum Gasteiger partial charge on any atom is -0.492 e. The van der Waals surface area contributed by atoms with Gasteiger partial charge >= 0.3 is 0 Å². The molecule has 39 heavy (non-hydrogen) atoms. The molecule has 2 amide bonds. The fourth-order valence-electron chi connectivity index (χ4n) is 4.10. The van der Waals surface area contributed by atoms with Crippen LogP contribution in [-0.2, 0) is 26.2 Å². The van der Waals surface area contributed by atoms with Crippen molar-refractivity contribution in [1.29, 1.82) is 0 Å². The van der Waals surface area contributed by atoms with Gasteiger partial charge in [0.2, 0.25) is 21.8 Å². The number of benzene rings is 2. The summed E-state index contributed by atoms with van der Waals surface area (Å²) in [6.45, 7) is 8.78. The van der Waals surface area contributed by atoms with Crippen molar-refractivity contribution in [3.8, 4) is 5.75 Å². The Morgan fingerprint density at radius 2 is 1.74 bits per heavy atom. The second kappa shape index (κ2) is 15.3. The van der Waals surface area contributed by atoms with Gasteiger partial charge in [0.1, 0.15) is 11.8 Å². The van der Waals surface area contributed by atoms with Gasteiger partial charge in [-0.2, -0.15) is 0 Å². The van der Waals surface area contributed by atoms with Crippen LogP contribution in [0.2, 0.25) is 10.0 Å². The van der Waals surface area contributed by atoms with Crippen LogP contribution >= 0.6 is 23.2 Å². The number of sulfonamides is 1. The van der Waals surface area contributed by atoms with Crippen LogP contribution in [0.5, 0.6) is 5.75 Å².